The second-order valence-corrected chi connectivity index (χ2v) is 16.3. The van der Waals surface area contributed by atoms with Crippen molar-refractivity contribution in [2.75, 3.05) is 47.5 Å². The molecule has 0 fully saturated rings. The zero-order chi connectivity index (χ0) is 44.2. The van der Waals surface area contributed by atoms with Crippen molar-refractivity contribution in [1.29, 1.82) is 0 Å². The maximum atomic E-state index is 12.8. The highest BCUT2D eigenvalue weighted by Crippen LogP contribution is 2.12. The average molecular weight is 841 g/mol. The summed E-state index contributed by atoms with van der Waals surface area (Å²) < 4.78 is 22.7. The van der Waals surface area contributed by atoms with Gasteiger partial charge in [0.15, 0.2) is 6.10 Å². The smallest absolute Gasteiger partial charge is 0.361 e. The van der Waals surface area contributed by atoms with Gasteiger partial charge < -0.3 is 28.5 Å². The van der Waals surface area contributed by atoms with Crippen molar-refractivity contribution >= 4 is 17.9 Å². The van der Waals surface area contributed by atoms with E-state index in [9.17, 15) is 19.5 Å². The lowest BCUT2D eigenvalue weighted by atomic mass is 10.1. The van der Waals surface area contributed by atoms with E-state index in [1.807, 2.05) is 21.1 Å². The Morgan fingerprint density at radius 2 is 0.950 bits per heavy atom. The molecule has 0 spiro atoms. The summed E-state index contributed by atoms with van der Waals surface area (Å²) in [6.07, 6.45) is 50.7. The summed E-state index contributed by atoms with van der Waals surface area (Å²) in [6.45, 7) is 4.66. The SMILES string of the molecule is CC/C=C\C/C=C\C/C=C\C/C=C\C/C=C\C/C=C\CCCCC(=O)OC(COC(=O)CCCCCCC/C=C\CCCCCCC)COC(OCC[N+](C)(C)C)C(=O)O. The third-order valence-electron chi connectivity index (χ3n) is 9.39. The standard InChI is InChI=1S/C51H85NO8/c1-6-8-10-12-14-16-18-20-22-23-24-25-26-27-28-30-32-34-36-38-40-42-49(54)60-47(46-59-51(50(55)56)57-44-43-52(3,4)5)45-58-48(53)41-39-37-35-33-31-29-21-19-17-15-13-11-9-7-2/h8,10,14,16,19-22,24-25,27-28,32,34,47,51H,6-7,9,11-13,15,17-18,23,26,29-31,33,35-46H2,1-5H3/p+1/b10-8-,16-14-,21-19-,22-20-,25-24-,28-27-,34-32-. The van der Waals surface area contributed by atoms with Crippen LogP contribution in [0.2, 0.25) is 0 Å². The van der Waals surface area contributed by atoms with E-state index in [1.54, 1.807) is 0 Å². The minimum Gasteiger partial charge on any atom is -0.477 e. The molecule has 60 heavy (non-hydrogen) atoms. The number of allylic oxidation sites excluding steroid dienone is 14. The summed E-state index contributed by atoms with van der Waals surface area (Å²) in [6, 6.07) is 0. The van der Waals surface area contributed by atoms with Crippen molar-refractivity contribution in [2.24, 2.45) is 0 Å². The van der Waals surface area contributed by atoms with Crippen LogP contribution in [0.15, 0.2) is 85.1 Å². The molecule has 0 aliphatic carbocycles. The molecule has 342 valence electrons. The molecule has 1 N–H and O–H groups in total. The summed E-state index contributed by atoms with van der Waals surface area (Å²) in [5.74, 6) is -2.09. The maximum absolute atomic E-state index is 12.8. The first-order chi connectivity index (χ1) is 29.1. The quantitative estimate of drug-likeness (QED) is 0.0213. The molecule has 0 aromatic heterocycles. The van der Waals surface area contributed by atoms with Crippen LogP contribution in [0.5, 0.6) is 0 Å². The number of carbonyl (C=O) groups is 3. The maximum Gasteiger partial charge on any atom is 0.361 e. The first-order valence-corrected chi connectivity index (χ1v) is 23.3. The Morgan fingerprint density at radius 3 is 1.47 bits per heavy atom. The fourth-order valence-corrected chi connectivity index (χ4v) is 5.77. The number of nitrogens with zero attached hydrogens (tertiary/aromatic N) is 1. The third kappa shape index (κ3) is 42.6. The van der Waals surface area contributed by atoms with E-state index in [2.05, 4.69) is 98.9 Å². The van der Waals surface area contributed by atoms with Gasteiger partial charge in [-0.25, -0.2) is 4.79 Å². The zero-order valence-electron chi connectivity index (χ0n) is 38.6. The van der Waals surface area contributed by atoms with Gasteiger partial charge in [0.05, 0.1) is 34.4 Å². The number of quaternary nitrogens is 1. The number of carboxylic acid groups (broad SMARTS) is 1. The summed E-state index contributed by atoms with van der Waals surface area (Å²) >= 11 is 0. The number of hydrogen-bond donors (Lipinski definition) is 1. The van der Waals surface area contributed by atoms with Crippen molar-refractivity contribution in [3.8, 4) is 0 Å². The Bertz CT molecular complexity index is 1260. The Morgan fingerprint density at radius 1 is 0.517 bits per heavy atom. The molecule has 9 heteroatoms. The van der Waals surface area contributed by atoms with Crippen molar-refractivity contribution in [3.05, 3.63) is 85.1 Å². The molecule has 0 amide bonds. The molecule has 0 radical (unpaired) electrons. The van der Waals surface area contributed by atoms with Gasteiger partial charge in [-0.1, -0.05) is 144 Å². The molecule has 0 aromatic carbocycles. The zero-order valence-corrected chi connectivity index (χ0v) is 38.6. The number of hydrogen-bond acceptors (Lipinski definition) is 7. The molecule has 2 unspecified atom stereocenters. The fourth-order valence-electron chi connectivity index (χ4n) is 5.77. The Kier molecular flexibility index (Phi) is 39.7. The highest BCUT2D eigenvalue weighted by Gasteiger charge is 2.25. The molecule has 0 saturated heterocycles. The second kappa shape index (κ2) is 42.2. The second-order valence-electron chi connectivity index (χ2n) is 16.3. The summed E-state index contributed by atoms with van der Waals surface area (Å²) in [5.41, 5.74) is 0. The van der Waals surface area contributed by atoms with Crippen LogP contribution in [-0.4, -0.2) is 87.4 Å². The fraction of sp³-hybridized carbons (Fsp3) is 0.667. The Labute approximate surface area is 366 Å². The number of rotatable bonds is 41. The minimum atomic E-state index is -1.53. The van der Waals surface area contributed by atoms with E-state index in [-0.39, 0.29) is 38.6 Å². The van der Waals surface area contributed by atoms with Crippen LogP contribution in [0.1, 0.15) is 162 Å². The van der Waals surface area contributed by atoms with Gasteiger partial charge in [-0.3, -0.25) is 9.59 Å². The number of carboxylic acids is 1. The average Bonchev–Trinajstić information content (AvgIpc) is 3.21. The highest BCUT2D eigenvalue weighted by atomic mass is 16.7. The first-order valence-electron chi connectivity index (χ1n) is 23.3. The molecule has 0 aliphatic heterocycles. The molecule has 0 saturated carbocycles. The van der Waals surface area contributed by atoms with E-state index < -0.39 is 24.3 Å². The van der Waals surface area contributed by atoms with Crippen LogP contribution in [0.3, 0.4) is 0 Å². The lowest BCUT2D eigenvalue weighted by Gasteiger charge is -2.25. The van der Waals surface area contributed by atoms with E-state index in [0.29, 0.717) is 17.4 Å². The predicted molar refractivity (Wildman–Crippen MR) is 249 cm³/mol. The molecular weight excluding hydrogens is 755 g/mol. The minimum absolute atomic E-state index is 0.173. The van der Waals surface area contributed by atoms with Gasteiger partial charge in [0.1, 0.15) is 13.2 Å². The number of carbonyl (C=O) groups excluding carboxylic acids is 2. The Balaban J connectivity index is 4.54. The third-order valence-corrected chi connectivity index (χ3v) is 9.39. The van der Waals surface area contributed by atoms with Gasteiger partial charge in [0.2, 0.25) is 0 Å². The van der Waals surface area contributed by atoms with Crippen LogP contribution in [-0.2, 0) is 33.3 Å². The number of likely N-dealkylation sites (N-methyl/N-ethyl adjacent to an activating group) is 1. The number of aliphatic carboxylic acids is 1. The molecule has 0 aromatic rings. The number of esters is 2. The van der Waals surface area contributed by atoms with E-state index in [4.69, 9.17) is 18.9 Å². The summed E-state index contributed by atoms with van der Waals surface area (Å²) in [4.78, 5) is 37.1. The van der Waals surface area contributed by atoms with Crippen LogP contribution in [0.4, 0.5) is 0 Å². The molecular formula is C51H86NO8+. The van der Waals surface area contributed by atoms with Crippen molar-refractivity contribution < 1.29 is 42.9 Å². The summed E-state index contributed by atoms with van der Waals surface area (Å²) in [7, 11) is 5.93. The van der Waals surface area contributed by atoms with Crippen molar-refractivity contribution in [1.82, 2.24) is 0 Å². The lowest BCUT2D eigenvalue weighted by molar-refractivity contribution is -0.870. The molecule has 9 nitrogen and oxygen atoms in total. The van der Waals surface area contributed by atoms with E-state index >= 15 is 0 Å². The molecule has 0 aliphatic rings. The Hall–Kier alpha value is -3.53. The van der Waals surface area contributed by atoms with Crippen molar-refractivity contribution in [3.63, 3.8) is 0 Å². The van der Waals surface area contributed by atoms with E-state index in [0.717, 1.165) is 89.9 Å². The van der Waals surface area contributed by atoms with E-state index in [1.165, 1.54) is 38.5 Å². The van der Waals surface area contributed by atoms with Gasteiger partial charge in [-0.15, -0.1) is 0 Å². The topological polar surface area (TPSA) is 108 Å². The van der Waals surface area contributed by atoms with Crippen LogP contribution in [0, 0.1) is 0 Å². The number of ether oxygens (including phenoxy) is 4. The molecule has 0 rings (SSSR count). The first kappa shape index (κ1) is 56.5. The van der Waals surface area contributed by atoms with Crippen LogP contribution >= 0.6 is 0 Å². The van der Waals surface area contributed by atoms with Gasteiger partial charge in [0, 0.05) is 12.8 Å². The highest BCUT2D eigenvalue weighted by molar-refractivity contribution is 5.71. The van der Waals surface area contributed by atoms with Gasteiger partial charge in [0.25, 0.3) is 6.29 Å². The molecule has 0 heterocycles. The summed E-state index contributed by atoms with van der Waals surface area (Å²) in [5, 5.41) is 9.64. The van der Waals surface area contributed by atoms with Crippen molar-refractivity contribution in [2.45, 2.75) is 174 Å². The molecule has 2 atom stereocenters. The van der Waals surface area contributed by atoms with Gasteiger partial charge in [-0.2, -0.15) is 0 Å². The lowest BCUT2D eigenvalue weighted by Crippen LogP contribution is -2.40. The monoisotopic (exact) mass is 841 g/mol. The van der Waals surface area contributed by atoms with Gasteiger partial charge in [-0.05, 0) is 89.9 Å². The van der Waals surface area contributed by atoms with Crippen LogP contribution < -0.4 is 0 Å². The normalized spacial score (nSPS) is 13.7. The van der Waals surface area contributed by atoms with Gasteiger partial charge >= 0.3 is 17.9 Å². The number of unbranched alkanes of at least 4 members (excludes halogenated alkanes) is 12. The largest absolute Gasteiger partial charge is 0.477 e. The molecule has 0 bridgehead atoms. The van der Waals surface area contributed by atoms with Crippen LogP contribution in [0.25, 0.3) is 0 Å². The predicted octanol–water partition coefficient (Wildman–Crippen LogP) is 12.5.